The summed E-state index contributed by atoms with van der Waals surface area (Å²) in [5.74, 6) is -0.425. The molecule has 0 bridgehead atoms. The molecule has 0 aliphatic heterocycles. The molecule has 4 N–H and O–H groups in total. The standard InChI is InChI=1S/C22H28N4O3/c1-3-5-13-23-22(29)16-7-6-8-19(14-16)26-21(28)15-24-17-9-11-18(12-10-17)25-20(27)4-2/h6-12,14,24H,3-5,13,15H2,1-2H3,(H,23,29)(H,25,27)(H,26,28). The second-order valence-electron chi connectivity index (χ2n) is 6.57. The smallest absolute Gasteiger partial charge is 0.251 e. The number of carbonyl (C=O) groups is 3. The van der Waals surface area contributed by atoms with Crippen LogP contribution in [0.5, 0.6) is 0 Å². The molecule has 0 unspecified atom stereocenters. The summed E-state index contributed by atoms with van der Waals surface area (Å²) in [6.07, 6.45) is 2.36. The lowest BCUT2D eigenvalue weighted by molar-refractivity contribution is -0.116. The van der Waals surface area contributed by atoms with Crippen molar-refractivity contribution in [1.82, 2.24) is 5.32 Å². The van der Waals surface area contributed by atoms with Gasteiger partial charge in [0.15, 0.2) is 0 Å². The Morgan fingerprint density at radius 3 is 2.21 bits per heavy atom. The van der Waals surface area contributed by atoms with Gasteiger partial charge in [0.25, 0.3) is 5.91 Å². The Hall–Kier alpha value is -3.35. The second kappa shape index (κ2) is 11.5. The summed E-state index contributed by atoms with van der Waals surface area (Å²) in [6.45, 7) is 4.57. The lowest BCUT2D eigenvalue weighted by atomic mass is 10.2. The van der Waals surface area contributed by atoms with Crippen molar-refractivity contribution in [2.45, 2.75) is 33.1 Å². The molecule has 2 aromatic carbocycles. The summed E-state index contributed by atoms with van der Waals surface area (Å²) < 4.78 is 0. The van der Waals surface area contributed by atoms with Gasteiger partial charge in [0.1, 0.15) is 0 Å². The maximum atomic E-state index is 12.2. The SMILES string of the molecule is CCCCNC(=O)c1cccc(NC(=O)CNc2ccc(NC(=O)CC)cc2)c1. The molecule has 0 aromatic heterocycles. The largest absolute Gasteiger partial charge is 0.376 e. The number of hydrogen-bond acceptors (Lipinski definition) is 4. The molecular formula is C22H28N4O3. The van der Waals surface area contributed by atoms with E-state index in [1.165, 1.54) is 0 Å². The number of rotatable bonds is 10. The number of unbranched alkanes of at least 4 members (excludes halogenated alkanes) is 1. The number of benzene rings is 2. The molecule has 0 saturated heterocycles. The van der Waals surface area contributed by atoms with Crippen LogP contribution in [0.4, 0.5) is 17.1 Å². The van der Waals surface area contributed by atoms with Crippen LogP contribution < -0.4 is 21.3 Å². The summed E-state index contributed by atoms with van der Waals surface area (Å²) >= 11 is 0. The molecule has 154 valence electrons. The van der Waals surface area contributed by atoms with Crippen LogP contribution in [0.15, 0.2) is 48.5 Å². The van der Waals surface area contributed by atoms with E-state index in [1.807, 2.05) is 0 Å². The third-order valence-corrected chi connectivity index (χ3v) is 4.17. The minimum atomic E-state index is -0.225. The number of nitrogens with one attached hydrogen (secondary N) is 4. The van der Waals surface area contributed by atoms with Crippen LogP contribution in [0.3, 0.4) is 0 Å². The highest BCUT2D eigenvalue weighted by Crippen LogP contribution is 2.14. The van der Waals surface area contributed by atoms with E-state index in [1.54, 1.807) is 55.5 Å². The van der Waals surface area contributed by atoms with Crippen molar-refractivity contribution in [3.63, 3.8) is 0 Å². The molecule has 0 fully saturated rings. The van der Waals surface area contributed by atoms with Gasteiger partial charge in [-0.3, -0.25) is 14.4 Å². The van der Waals surface area contributed by atoms with Crippen LogP contribution >= 0.6 is 0 Å². The minimum absolute atomic E-state index is 0.0497. The Balaban J connectivity index is 1.84. The number of carbonyl (C=O) groups excluding carboxylic acids is 3. The molecule has 0 saturated carbocycles. The van der Waals surface area contributed by atoms with E-state index in [9.17, 15) is 14.4 Å². The number of amides is 3. The molecule has 0 atom stereocenters. The molecule has 7 heteroatoms. The fourth-order valence-corrected chi connectivity index (χ4v) is 2.53. The predicted octanol–water partition coefficient (Wildman–Crippen LogP) is 3.62. The van der Waals surface area contributed by atoms with Crippen molar-refractivity contribution in [1.29, 1.82) is 0 Å². The molecule has 0 aliphatic rings. The van der Waals surface area contributed by atoms with E-state index in [0.29, 0.717) is 29.9 Å². The van der Waals surface area contributed by atoms with Gasteiger partial charge in [0.2, 0.25) is 11.8 Å². The Labute approximate surface area is 171 Å². The third kappa shape index (κ3) is 7.65. The molecule has 0 heterocycles. The Morgan fingerprint density at radius 2 is 1.52 bits per heavy atom. The molecule has 0 spiro atoms. The van der Waals surface area contributed by atoms with E-state index in [4.69, 9.17) is 0 Å². The van der Waals surface area contributed by atoms with E-state index >= 15 is 0 Å². The monoisotopic (exact) mass is 396 g/mol. The van der Waals surface area contributed by atoms with Crippen molar-refractivity contribution in [3.8, 4) is 0 Å². The summed E-state index contributed by atoms with van der Waals surface area (Å²) in [5, 5.41) is 11.4. The van der Waals surface area contributed by atoms with Crippen LogP contribution in [0, 0.1) is 0 Å². The minimum Gasteiger partial charge on any atom is -0.376 e. The first-order valence-corrected chi connectivity index (χ1v) is 9.83. The van der Waals surface area contributed by atoms with Crippen molar-refractivity contribution in [2.24, 2.45) is 0 Å². The predicted molar refractivity (Wildman–Crippen MR) is 116 cm³/mol. The Morgan fingerprint density at radius 1 is 0.828 bits per heavy atom. The van der Waals surface area contributed by atoms with Gasteiger partial charge in [-0.25, -0.2) is 0 Å². The molecular weight excluding hydrogens is 368 g/mol. The average Bonchev–Trinajstić information content (AvgIpc) is 2.73. The first-order valence-electron chi connectivity index (χ1n) is 9.83. The van der Waals surface area contributed by atoms with E-state index in [-0.39, 0.29) is 24.3 Å². The summed E-state index contributed by atoms with van der Waals surface area (Å²) in [4.78, 5) is 35.7. The van der Waals surface area contributed by atoms with Gasteiger partial charge >= 0.3 is 0 Å². The molecule has 0 aliphatic carbocycles. The van der Waals surface area contributed by atoms with Gasteiger partial charge in [-0.1, -0.05) is 26.3 Å². The maximum Gasteiger partial charge on any atom is 0.251 e. The zero-order chi connectivity index (χ0) is 21.1. The summed E-state index contributed by atoms with van der Waals surface area (Å²) in [7, 11) is 0. The molecule has 7 nitrogen and oxygen atoms in total. The maximum absolute atomic E-state index is 12.2. The fraction of sp³-hybridized carbons (Fsp3) is 0.318. The van der Waals surface area contributed by atoms with Crippen LogP contribution in [0.2, 0.25) is 0 Å². The summed E-state index contributed by atoms with van der Waals surface area (Å²) in [5.41, 5.74) is 2.55. The zero-order valence-electron chi connectivity index (χ0n) is 16.9. The van der Waals surface area contributed by atoms with Crippen molar-refractivity contribution in [2.75, 3.05) is 29.0 Å². The van der Waals surface area contributed by atoms with E-state index in [0.717, 1.165) is 18.5 Å². The fourth-order valence-electron chi connectivity index (χ4n) is 2.53. The highest BCUT2D eigenvalue weighted by Gasteiger charge is 2.08. The van der Waals surface area contributed by atoms with E-state index < -0.39 is 0 Å². The van der Waals surface area contributed by atoms with Gasteiger partial charge < -0.3 is 21.3 Å². The van der Waals surface area contributed by atoms with E-state index in [2.05, 4.69) is 28.2 Å². The van der Waals surface area contributed by atoms with Crippen LogP contribution in [-0.2, 0) is 9.59 Å². The van der Waals surface area contributed by atoms with Crippen molar-refractivity contribution < 1.29 is 14.4 Å². The highest BCUT2D eigenvalue weighted by atomic mass is 16.2. The average molecular weight is 396 g/mol. The summed E-state index contributed by atoms with van der Waals surface area (Å²) in [6, 6.07) is 14.0. The first kappa shape index (κ1) is 21.9. The van der Waals surface area contributed by atoms with Gasteiger partial charge in [-0.05, 0) is 48.9 Å². The van der Waals surface area contributed by atoms with Crippen molar-refractivity contribution >= 4 is 34.8 Å². The highest BCUT2D eigenvalue weighted by molar-refractivity contribution is 5.98. The lowest BCUT2D eigenvalue weighted by Gasteiger charge is -2.10. The van der Waals surface area contributed by atoms with Crippen LogP contribution in [0.25, 0.3) is 0 Å². The van der Waals surface area contributed by atoms with Gasteiger partial charge in [-0.2, -0.15) is 0 Å². The molecule has 29 heavy (non-hydrogen) atoms. The van der Waals surface area contributed by atoms with Crippen LogP contribution in [0.1, 0.15) is 43.5 Å². The topological polar surface area (TPSA) is 99.3 Å². The van der Waals surface area contributed by atoms with Crippen LogP contribution in [-0.4, -0.2) is 30.8 Å². The van der Waals surface area contributed by atoms with Crippen molar-refractivity contribution in [3.05, 3.63) is 54.1 Å². The van der Waals surface area contributed by atoms with Gasteiger partial charge in [0.05, 0.1) is 6.54 Å². The lowest BCUT2D eigenvalue weighted by Crippen LogP contribution is -2.25. The molecule has 0 radical (unpaired) electrons. The quantitative estimate of drug-likeness (QED) is 0.461. The third-order valence-electron chi connectivity index (χ3n) is 4.17. The van der Waals surface area contributed by atoms with Gasteiger partial charge in [0, 0.05) is 35.6 Å². The van der Waals surface area contributed by atoms with Gasteiger partial charge in [-0.15, -0.1) is 0 Å². The number of anilines is 3. The first-order chi connectivity index (χ1) is 14.0. The molecule has 3 amide bonds. The molecule has 2 aromatic rings. The number of hydrogen-bond donors (Lipinski definition) is 4. The Kier molecular flexibility index (Phi) is 8.69. The second-order valence-corrected chi connectivity index (χ2v) is 6.57. The zero-order valence-corrected chi connectivity index (χ0v) is 16.9. The Bertz CT molecular complexity index is 834. The molecule has 2 rings (SSSR count). The normalized spacial score (nSPS) is 10.1.